The number of nitrogens with zero attached hydrogens (tertiary/aromatic N) is 2. The van der Waals surface area contributed by atoms with Crippen molar-refractivity contribution in [2.75, 3.05) is 13.7 Å². The number of rotatable bonds is 5. The lowest BCUT2D eigenvalue weighted by Gasteiger charge is -2.22. The summed E-state index contributed by atoms with van der Waals surface area (Å²) < 4.78 is 5.54. The van der Waals surface area contributed by atoms with Crippen LogP contribution in [0.25, 0.3) is 0 Å². The Kier molecular flexibility index (Phi) is 8.86. The maximum atomic E-state index is 10.0. The molecule has 0 aromatic heterocycles. The number of aliphatic imine (C=N–C) groups is 1. The molecule has 1 aliphatic heterocycles. The summed E-state index contributed by atoms with van der Waals surface area (Å²) in [5.74, 6) is 0.151. The zero-order valence-electron chi connectivity index (χ0n) is 11.2. The number of hydrogen-bond donors (Lipinski definition) is 2. The first-order valence-electron chi connectivity index (χ1n) is 6.10. The minimum Gasteiger partial charge on any atom is -0.394 e. The molecule has 1 fully saturated rings. The van der Waals surface area contributed by atoms with Crippen molar-refractivity contribution in [3.05, 3.63) is 12.3 Å². The predicted molar refractivity (Wildman–Crippen MR) is 70.9 cm³/mol. The summed E-state index contributed by atoms with van der Waals surface area (Å²) >= 11 is 0. The zero-order valence-corrected chi connectivity index (χ0v) is 11.2. The number of ether oxygens (including phenoxy) is 1. The zero-order chi connectivity index (χ0) is 14.0. The van der Waals surface area contributed by atoms with Gasteiger partial charge in [0.05, 0.1) is 12.7 Å². The Morgan fingerprint density at radius 3 is 2.72 bits per heavy atom. The number of nitrogens with two attached hydrogens (primary N) is 1. The molecule has 18 heavy (non-hydrogen) atoms. The molecule has 1 rings (SSSR count). The van der Waals surface area contributed by atoms with Crippen LogP contribution in [0.1, 0.15) is 26.7 Å². The minimum absolute atomic E-state index is 0.0444. The fraction of sp³-hybridized carbons (Fsp3) is 0.667. The SMILES string of the molecule is CC.CN(/C=C\C(N)=NC=O)C1CCC(CO)O1. The molecular formula is C12H23N3O3. The van der Waals surface area contributed by atoms with Gasteiger partial charge in [-0.1, -0.05) is 13.8 Å². The topological polar surface area (TPSA) is 88.2 Å². The second kappa shape index (κ2) is 9.61. The third-order valence-electron chi connectivity index (χ3n) is 2.43. The predicted octanol–water partition coefficient (Wildman–Crippen LogP) is 0.469. The van der Waals surface area contributed by atoms with Gasteiger partial charge in [-0.2, -0.15) is 4.99 Å². The summed E-state index contributed by atoms with van der Waals surface area (Å²) in [5.41, 5.74) is 5.41. The molecule has 6 heteroatoms. The smallest absolute Gasteiger partial charge is 0.234 e. The van der Waals surface area contributed by atoms with E-state index in [-0.39, 0.29) is 24.8 Å². The third kappa shape index (κ3) is 5.79. The van der Waals surface area contributed by atoms with E-state index in [1.807, 2.05) is 25.8 Å². The largest absolute Gasteiger partial charge is 0.394 e. The van der Waals surface area contributed by atoms with Gasteiger partial charge >= 0.3 is 0 Å². The van der Waals surface area contributed by atoms with Crippen LogP contribution in [0.2, 0.25) is 0 Å². The number of aliphatic hydroxyl groups excluding tert-OH is 1. The summed E-state index contributed by atoms with van der Waals surface area (Å²) in [6.07, 6.45) is 5.19. The van der Waals surface area contributed by atoms with Gasteiger partial charge in [-0.25, -0.2) is 0 Å². The fourth-order valence-corrected chi connectivity index (χ4v) is 1.51. The monoisotopic (exact) mass is 257 g/mol. The van der Waals surface area contributed by atoms with Crippen LogP contribution >= 0.6 is 0 Å². The molecule has 0 spiro atoms. The fourth-order valence-electron chi connectivity index (χ4n) is 1.51. The van der Waals surface area contributed by atoms with Gasteiger partial charge < -0.3 is 20.5 Å². The highest BCUT2D eigenvalue weighted by atomic mass is 16.5. The Balaban J connectivity index is 0.00000137. The van der Waals surface area contributed by atoms with E-state index in [0.29, 0.717) is 6.41 Å². The molecule has 3 N–H and O–H groups in total. The Morgan fingerprint density at radius 2 is 2.22 bits per heavy atom. The van der Waals surface area contributed by atoms with Crippen LogP contribution in [0, 0.1) is 0 Å². The molecule has 1 saturated heterocycles. The van der Waals surface area contributed by atoms with Gasteiger partial charge in [0.2, 0.25) is 6.41 Å². The minimum atomic E-state index is -0.0816. The molecule has 0 aliphatic carbocycles. The summed E-state index contributed by atoms with van der Waals surface area (Å²) in [6.45, 7) is 4.04. The van der Waals surface area contributed by atoms with E-state index in [0.717, 1.165) is 12.8 Å². The number of amidine groups is 1. The number of hydrogen-bond acceptors (Lipinski definition) is 4. The van der Waals surface area contributed by atoms with Crippen LogP contribution in [0.15, 0.2) is 17.3 Å². The average molecular weight is 257 g/mol. The molecule has 0 aromatic rings. The van der Waals surface area contributed by atoms with Gasteiger partial charge in [-0.05, 0) is 18.9 Å². The van der Waals surface area contributed by atoms with E-state index in [1.54, 1.807) is 6.20 Å². The standard InChI is InChI=1S/C10H17N3O3.C2H6/c1-13(5-4-9(11)12-7-15)10-3-2-8(6-14)16-10;1-2/h4-5,7-8,10,14H,2-3,6H2,1H3,(H2,11,12,15);1-2H3/b5-4-;. The van der Waals surface area contributed by atoms with Crippen molar-refractivity contribution in [2.45, 2.75) is 39.0 Å². The van der Waals surface area contributed by atoms with Crippen LogP contribution in [-0.2, 0) is 9.53 Å². The first-order valence-corrected chi connectivity index (χ1v) is 6.10. The first-order chi connectivity index (χ1) is 8.67. The van der Waals surface area contributed by atoms with Crippen molar-refractivity contribution >= 4 is 12.2 Å². The molecule has 0 saturated carbocycles. The highest BCUT2D eigenvalue weighted by Crippen LogP contribution is 2.21. The third-order valence-corrected chi connectivity index (χ3v) is 2.43. The average Bonchev–Trinajstić information content (AvgIpc) is 2.87. The molecule has 2 atom stereocenters. The number of carbonyl (C=O) groups is 1. The van der Waals surface area contributed by atoms with Crippen LogP contribution in [0.4, 0.5) is 0 Å². The number of aliphatic hydroxyl groups is 1. The van der Waals surface area contributed by atoms with Gasteiger partial charge in [-0.15, -0.1) is 0 Å². The van der Waals surface area contributed by atoms with E-state index in [9.17, 15) is 4.79 Å². The molecule has 0 radical (unpaired) electrons. The Bertz CT molecular complexity index is 292. The second-order valence-corrected chi connectivity index (χ2v) is 3.61. The van der Waals surface area contributed by atoms with Gasteiger partial charge in [0.25, 0.3) is 0 Å². The normalized spacial score (nSPS) is 23.7. The van der Waals surface area contributed by atoms with Gasteiger partial charge in [0, 0.05) is 13.2 Å². The molecule has 0 bridgehead atoms. The van der Waals surface area contributed by atoms with Gasteiger partial charge in [0.1, 0.15) is 12.1 Å². The van der Waals surface area contributed by atoms with Crippen LogP contribution in [-0.4, -0.2) is 48.2 Å². The highest BCUT2D eigenvalue weighted by molar-refractivity contribution is 5.95. The lowest BCUT2D eigenvalue weighted by Crippen LogP contribution is -2.28. The van der Waals surface area contributed by atoms with E-state index in [1.165, 1.54) is 6.08 Å². The molecule has 6 nitrogen and oxygen atoms in total. The molecule has 2 unspecified atom stereocenters. The number of carbonyl (C=O) groups excluding carboxylic acids is 1. The van der Waals surface area contributed by atoms with Crippen LogP contribution < -0.4 is 5.73 Å². The Morgan fingerprint density at radius 1 is 1.56 bits per heavy atom. The first kappa shape index (κ1) is 16.6. The summed E-state index contributed by atoms with van der Waals surface area (Å²) in [6, 6.07) is 0. The summed E-state index contributed by atoms with van der Waals surface area (Å²) in [4.78, 5) is 15.2. The molecule has 1 aliphatic rings. The van der Waals surface area contributed by atoms with Gasteiger partial charge in [0.15, 0.2) is 0 Å². The van der Waals surface area contributed by atoms with E-state index in [2.05, 4.69) is 4.99 Å². The van der Waals surface area contributed by atoms with Crippen LogP contribution in [0.5, 0.6) is 0 Å². The van der Waals surface area contributed by atoms with E-state index >= 15 is 0 Å². The molecule has 104 valence electrons. The maximum absolute atomic E-state index is 10.0. The van der Waals surface area contributed by atoms with E-state index in [4.69, 9.17) is 15.6 Å². The molecule has 0 aromatic carbocycles. The maximum Gasteiger partial charge on any atom is 0.234 e. The van der Waals surface area contributed by atoms with Crippen molar-refractivity contribution in [3.8, 4) is 0 Å². The second-order valence-electron chi connectivity index (χ2n) is 3.61. The van der Waals surface area contributed by atoms with Crippen molar-refractivity contribution < 1.29 is 14.6 Å². The van der Waals surface area contributed by atoms with Crippen LogP contribution in [0.3, 0.4) is 0 Å². The lowest BCUT2D eigenvalue weighted by atomic mass is 10.2. The summed E-state index contributed by atoms with van der Waals surface area (Å²) in [7, 11) is 1.84. The van der Waals surface area contributed by atoms with E-state index < -0.39 is 0 Å². The lowest BCUT2D eigenvalue weighted by molar-refractivity contribution is -0.106. The van der Waals surface area contributed by atoms with Crippen molar-refractivity contribution in [3.63, 3.8) is 0 Å². The van der Waals surface area contributed by atoms with Crippen molar-refractivity contribution in [1.29, 1.82) is 0 Å². The highest BCUT2D eigenvalue weighted by Gasteiger charge is 2.26. The quantitative estimate of drug-likeness (QED) is 0.424. The number of amides is 1. The Hall–Kier alpha value is -1.40. The molecule has 1 heterocycles. The molecular weight excluding hydrogens is 234 g/mol. The van der Waals surface area contributed by atoms with Gasteiger partial charge in [-0.3, -0.25) is 4.79 Å². The van der Waals surface area contributed by atoms with Crippen molar-refractivity contribution in [2.24, 2.45) is 10.7 Å². The molecule has 1 amide bonds. The Labute approximate surface area is 108 Å². The van der Waals surface area contributed by atoms with Crippen molar-refractivity contribution in [1.82, 2.24) is 4.90 Å². The summed E-state index contributed by atoms with van der Waals surface area (Å²) in [5, 5.41) is 8.91.